The molecule has 32 heavy (non-hydrogen) atoms. The standard InChI is InChI=1S/C24H32N6O2/c1-32-21-12-11-17-13-18(24(31)25-22(17)14-21)15-29(19-7-3-2-4-8-19)16-23-26-27-28-30(23)20-9-5-6-10-20/h11-14,19-20H,2-10,15-16H2,1H3,(H,25,31). The zero-order valence-corrected chi connectivity index (χ0v) is 18.8. The number of nitrogens with zero attached hydrogens (tertiary/aromatic N) is 5. The van der Waals surface area contributed by atoms with Crippen LogP contribution in [0, 0.1) is 0 Å². The quantitative estimate of drug-likeness (QED) is 0.603. The third-order valence-corrected chi connectivity index (χ3v) is 7.17. The molecule has 3 aromatic rings. The number of methoxy groups -OCH3 is 1. The lowest BCUT2D eigenvalue weighted by atomic mass is 9.93. The third kappa shape index (κ3) is 4.41. The van der Waals surface area contributed by atoms with Crippen LogP contribution >= 0.6 is 0 Å². The summed E-state index contributed by atoms with van der Waals surface area (Å²) in [5.41, 5.74) is 1.54. The Balaban J connectivity index is 1.43. The Kier molecular flexibility index (Phi) is 6.21. The first-order valence-corrected chi connectivity index (χ1v) is 11.9. The van der Waals surface area contributed by atoms with Gasteiger partial charge in [0.05, 0.1) is 25.2 Å². The number of aromatic amines is 1. The van der Waals surface area contributed by atoms with Crippen LogP contribution in [0.5, 0.6) is 5.75 Å². The molecule has 2 aliphatic carbocycles. The normalized spacial score (nSPS) is 18.1. The Morgan fingerprint density at radius 1 is 1.06 bits per heavy atom. The molecule has 2 aliphatic rings. The van der Waals surface area contributed by atoms with Crippen LogP contribution in [-0.4, -0.2) is 43.2 Å². The first kappa shape index (κ1) is 21.1. The fourth-order valence-corrected chi connectivity index (χ4v) is 5.38. The zero-order valence-electron chi connectivity index (χ0n) is 18.8. The van der Waals surface area contributed by atoms with E-state index in [1.807, 2.05) is 28.9 Å². The zero-order chi connectivity index (χ0) is 21.9. The summed E-state index contributed by atoms with van der Waals surface area (Å²) in [5.74, 6) is 1.66. The van der Waals surface area contributed by atoms with Crippen molar-refractivity contribution in [1.82, 2.24) is 30.1 Å². The number of hydrogen-bond donors (Lipinski definition) is 1. The Morgan fingerprint density at radius 3 is 2.62 bits per heavy atom. The fourth-order valence-electron chi connectivity index (χ4n) is 5.38. The van der Waals surface area contributed by atoms with Gasteiger partial charge in [-0.2, -0.15) is 0 Å². The highest BCUT2D eigenvalue weighted by molar-refractivity contribution is 5.80. The van der Waals surface area contributed by atoms with Crippen LogP contribution < -0.4 is 10.3 Å². The molecular weight excluding hydrogens is 404 g/mol. The van der Waals surface area contributed by atoms with Crippen molar-refractivity contribution in [1.29, 1.82) is 0 Å². The molecule has 0 atom stereocenters. The first-order chi connectivity index (χ1) is 15.7. The number of H-pyrrole nitrogens is 1. The number of benzene rings is 1. The van der Waals surface area contributed by atoms with Gasteiger partial charge in [0.1, 0.15) is 5.75 Å². The molecule has 2 saturated carbocycles. The maximum Gasteiger partial charge on any atom is 0.252 e. The lowest BCUT2D eigenvalue weighted by Crippen LogP contribution is -2.38. The maximum absolute atomic E-state index is 13.0. The molecule has 0 aliphatic heterocycles. The second-order valence-corrected chi connectivity index (χ2v) is 9.25. The molecular formula is C24H32N6O2. The van der Waals surface area contributed by atoms with Gasteiger partial charge in [-0.25, -0.2) is 4.68 Å². The summed E-state index contributed by atoms with van der Waals surface area (Å²) in [5, 5.41) is 13.7. The highest BCUT2D eigenvalue weighted by atomic mass is 16.5. The summed E-state index contributed by atoms with van der Waals surface area (Å²) in [4.78, 5) is 18.4. The first-order valence-electron chi connectivity index (χ1n) is 11.9. The predicted molar refractivity (Wildman–Crippen MR) is 123 cm³/mol. The van der Waals surface area contributed by atoms with E-state index in [4.69, 9.17) is 4.74 Å². The van der Waals surface area contributed by atoms with Crippen LogP contribution in [0.25, 0.3) is 10.9 Å². The highest BCUT2D eigenvalue weighted by Crippen LogP contribution is 2.30. The summed E-state index contributed by atoms with van der Waals surface area (Å²) in [6.07, 6.45) is 10.9. The van der Waals surface area contributed by atoms with E-state index in [1.165, 1.54) is 32.1 Å². The Labute approximate surface area is 188 Å². The third-order valence-electron chi connectivity index (χ3n) is 7.17. The molecule has 1 aromatic carbocycles. The van der Waals surface area contributed by atoms with Crippen LogP contribution in [-0.2, 0) is 13.1 Å². The highest BCUT2D eigenvalue weighted by Gasteiger charge is 2.27. The minimum atomic E-state index is -0.0399. The summed E-state index contributed by atoms with van der Waals surface area (Å²) in [6.45, 7) is 1.27. The molecule has 170 valence electrons. The second-order valence-electron chi connectivity index (χ2n) is 9.25. The van der Waals surface area contributed by atoms with Gasteiger partial charge >= 0.3 is 0 Å². The molecule has 0 radical (unpaired) electrons. The lowest BCUT2D eigenvalue weighted by molar-refractivity contribution is 0.132. The lowest BCUT2D eigenvalue weighted by Gasteiger charge is -2.34. The SMILES string of the molecule is COc1ccc2cc(CN(Cc3nnnn3C3CCCC3)C3CCCCC3)c(=O)[nH]c2c1. The van der Waals surface area contributed by atoms with E-state index < -0.39 is 0 Å². The number of tetrazole rings is 1. The number of nitrogens with one attached hydrogen (secondary N) is 1. The van der Waals surface area contributed by atoms with Crippen molar-refractivity contribution in [2.24, 2.45) is 0 Å². The number of pyridine rings is 1. The van der Waals surface area contributed by atoms with Gasteiger partial charge in [-0.1, -0.05) is 32.1 Å². The van der Waals surface area contributed by atoms with E-state index in [0.29, 0.717) is 25.2 Å². The van der Waals surface area contributed by atoms with Crippen LogP contribution in [0.1, 0.15) is 75.2 Å². The van der Waals surface area contributed by atoms with Crippen LogP contribution in [0.4, 0.5) is 0 Å². The molecule has 2 aromatic heterocycles. The Morgan fingerprint density at radius 2 is 1.84 bits per heavy atom. The topological polar surface area (TPSA) is 88.9 Å². The molecule has 8 nitrogen and oxygen atoms in total. The number of fused-ring (bicyclic) bond motifs is 1. The largest absolute Gasteiger partial charge is 0.497 e. The molecule has 0 bridgehead atoms. The van der Waals surface area contributed by atoms with Crippen LogP contribution in [0.15, 0.2) is 29.1 Å². The van der Waals surface area contributed by atoms with Gasteiger partial charge in [-0.15, -0.1) is 5.10 Å². The minimum Gasteiger partial charge on any atom is -0.497 e. The average molecular weight is 437 g/mol. The van der Waals surface area contributed by atoms with E-state index in [0.717, 1.165) is 53.7 Å². The van der Waals surface area contributed by atoms with Gasteiger partial charge < -0.3 is 9.72 Å². The number of hydrogen-bond acceptors (Lipinski definition) is 6. The van der Waals surface area contributed by atoms with E-state index in [1.54, 1.807) is 7.11 Å². The monoisotopic (exact) mass is 436 g/mol. The maximum atomic E-state index is 13.0. The molecule has 0 spiro atoms. The van der Waals surface area contributed by atoms with Crippen molar-refractivity contribution < 1.29 is 4.74 Å². The van der Waals surface area contributed by atoms with Crippen molar-refractivity contribution >= 4 is 10.9 Å². The van der Waals surface area contributed by atoms with E-state index in [9.17, 15) is 4.79 Å². The van der Waals surface area contributed by atoms with E-state index >= 15 is 0 Å². The molecule has 5 rings (SSSR count). The smallest absolute Gasteiger partial charge is 0.252 e. The molecule has 1 N–H and O–H groups in total. The molecule has 0 amide bonds. The molecule has 0 unspecified atom stereocenters. The van der Waals surface area contributed by atoms with E-state index in [-0.39, 0.29) is 5.56 Å². The number of rotatable bonds is 7. The number of ether oxygens (including phenoxy) is 1. The summed E-state index contributed by atoms with van der Waals surface area (Å²) >= 11 is 0. The number of aromatic nitrogens is 5. The molecule has 8 heteroatoms. The van der Waals surface area contributed by atoms with Gasteiger partial charge in [0, 0.05) is 24.2 Å². The van der Waals surface area contributed by atoms with Crippen molar-refractivity contribution in [3.63, 3.8) is 0 Å². The van der Waals surface area contributed by atoms with Gasteiger partial charge in [0.2, 0.25) is 0 Å². The minimum absolute atomic E-state index is 0.0399. The Hall–Kier alpha value is -2.74. The molecule has 2 fully saturated rings. The summed E-state index contributed by atoms with van der Waals surface area (Å²) in [6, 6.07) is 8.67. The van der Waals surface area contributed by atoms with Gasteiger partial charge in [0.25, 0.3) is 5.56 Å². The summed E-state index contributed by atoms with van der Waals surface area (Å²) in [7, 11) is 1.63. The van der Waals surface area contributed by atoms with Crippen LogP contribution in [0.3, 0.4) is 0 Å². The van der Waals surface area contributed by atoms with Gasteiger partial charge in [-0.05, 0) is 59.7 Å². The average Bonchev–Trinajstić information content (AvgIpc) is 3.51. The second kappa shape index (κ2) is 9.40. The van der Waals surface area contributed by atoms with Gasteiger partial charge in [0.15, 0.2) is 5.82 Å². The summed E-state index contributed by atoms with van der Waals surface area (Å²) < 4.78 is 7.34. The fraction of sp³-hybridized carbons (Fsp3) is 0.583. The van der Waals surface area contributed by atoms with Crippen molar-refractivity contribution in [3.05, 3.63) is 46.0 Å². The molecule has 0 saturated heterocycles. The Bertz CT molecular complexity index is 1110. The molecule has 2 heterocycles. The van der Waals surface area contributed by atoms with Crippen molar-refractivity contribution in [3.8, 4) is 5.75 Å². The van der Waals surface area contributed by atoms with Crippen LogP contribution in [0.2, 0.25) is 0 Å². The predicted octanol–water partition coefficient (Wildman–Crippen LogP) is 3.97. The van der Waals surface area contributed by atoms with Gasteiger partial charge in [-0.3, -0.25) is 9.69 Å². The van der Waals surface area contributed by atoms with E-state index in [2.05, 4.69) is 25.4 Å². The van der Waals surface area contributed by atoms with Crippen molar-refractivity contribution in [2.75, 3.05) is 7.11 Å². The van der Waals surface area contributed by atoms with Crippen molar-refractivity contribution in [2.45, 2.75) is 83.0 Å².